The number of benzene rings is 1. The molecule has 1 aromatic carbocycles. The molecule has 0 atom stereocenters. The van der Waals surface area contributed by atoms with Crippen molar-refractivity contribution in [3.05, 3.63) is 81.0 Å². The molecule has 1 rings (SSSR count). The topological polar surface area (TPSA) is 69.4 Å². The Balaban J connectivity index is 2.80. The van der Waals surface area contributed by atoms with Crippen LogP contribution in [0.25, 0.3) is 6.08 Å². The van der Waals surface area contributed by atoms with Crippen LogP contribution in [0.5, 0.6) is 0 Å². The average molecular weight is 341 g/mol. The summed E-state index contributed by atoms with van der Waals surface area (Å²) in [5.41, 5.74) is 3.96. The van der Waals surface area contributed by atoms with E-state index in [1.165, 1.54) is 18.2 Å². The summed E-state index contributed by atoms with van der Waals surface area (Å²) in [5.74, 6) is -0.355. The van der Waals surface area contributed by atoms with Crippen LogP contribution in [0.15, 0.2) is 65.3 Å². The van der Waals surface area contributed by atoms with Gasteiger partial charge in [0.25, 0.3) is 5.69 Å². The highest BCUT2D eigenvalue weighted by Gasteiger charge is 2.02. The molecule has 0 amide bonds. The quantitative estimate of drug-likeness (QED) is 0.230. The zero-order valence-electron chi connectivity index (χ0n) is 15.0. The molecule has 0 unspecified atom stereocenters. The molecule has 1 aromatic rings. The van der Waals surface area contributed by atoms with Gasteiger partial charge in [-0.3, -0.25) is 10.1 Å². The smallest absolute Gasteiger partial charge is 0.330 e. The number of nitro groups is 1. The number of allylic oxidation sites excluding steroid dienone is 6. The summed E-state index contributed by atoms with van der Waals surface area (Å²) in [7, 11) is 0. The van der Waals surface area contributed by atoms with E-state index in [0.29, 0.717) is 6.61 Å². The van der Waals surface area contributed by atoms with E-state index in [-0.39, 0.29) is 11.7 Å². The fourth-order valence-corrected chi connectivity index (χ4v) is 2.19. The van der Waals surface area contributed by atoms with Gasteiger partial charge in [0.15, 0.2) is 0 Å². The molecular weight excluding hydrogens is 318 g/mol. The van der Waals surface area contributed by atoms with Gasteiger partial charge in [0.1, 0.15) is 0 Å². The summed E-state index contributed by atoms with van der Waals surface area (Å²) in [6.45, 7) is 7.96. The van der Waals surface area contributed by atoms with E-state index in [9.17, 15) is 14.9 Å². The molecule has 0 fully saturated rings. The minimum atomic E-state index is -0.415. The molecule has 0 heterocycles. The van der Waals surface area contributed by atoms with Crippen molar-refractivity contribution in [2.75, 3.05) is 6.61 Å². The Bertz CT molecular complexity index is 737. The number of hydrogen-bond acceptors (Lipinski definition) is 4. The molecule has 0 aromatic heterocycles. The predicted molar refractivity (Wildman–Crippen MR) is 100 cm³/mol. The summed E-state index contributed by atoms with van der Waals surface area (Å²) in [4.78, 5) is 21.5. The second-order valence-corrected chi connectivity index (χ2v) is 5.60. The van der Waals surface area contributed by atoms with Crippen LogP contribution >= 0.6 is 0 Å². The van der Waals surface area contributed by atoms with Crippen LogP contribution in [-0.2, 0) is 9.53 Å². The molecule has 5 heteroatoms. The molecule has 132 valence electrons. The highest BCUT2D eigenvalue weighted by Crippen LogP contribution is 2.15. The molecule has 25 heavy (non-hydrogen) atoms. The van der Waals surface area contributed by atoms with E-state index >= 15 is 0 Å². The fraction of sp³-hybridized carbons (Fsp3) is 0.250. The maximum Gasteiger partial charge on any atom is 0.330 e. The van der Waals surface area contributed by atoms with Crippen LogP contribution in [0, 0.1) is 10.1 Å². The molecule has 0 saturated heterocycles. The lowest BCUT2D eigenvalue weighted by molar-refractivity contribution is -0.384. The van der Waals surface area contributed by atoms with Crippen molar-refractivity contribution in [3.8, 4) is 0 Å². The van der Waals surface area contributed by atoms with Gasteiger partial charge in [-0.15, -0.1) is 0 Å². The van der Waals surface area contributed by atoms with Gasteiger partial charge in [-0.25, -0.2) is 4.79 Å². The molecule has 0 saturated carbocycles. The normalized spacial score (nSPS) is 13.2. The summed E-state index contributed by atoms with van der Waals surface area (Å²) >= 11 is 0. The van der Waals surface area contributed by atoms with Crippen molar-refractivity contribution < 1.29 is 14.5 Å². The first-order valence-corrected chi connectivity index (χ1v) is 7.96. The highest BCUT2D eigenvalue weighted by atomic mass is 16.6. The highest BCUT2D eigenvalue weighted by molar-refractivity contribution is 5.82. The molecule has 0 aliphatic carbocycles. The lowest BCUT2D eigenvalue weighted by atomic mass is 10.1. The third kappa shape index (κ3) is 7.92. The molecule has 0 N–H and O–H groups in total. The van der Waals surface area contributed by atoms with Crippen LogP contribution in [0.3, 0.4) is 0 Å². The van der Waals surface area contributed by atoms with Gasteiger partial charge < -0.3 is 4.74 Å². The maximum absolute atomic E-state index is 11.3. The minimum absolute atomic E-state index is 0.0773. The summed E-state index contributed by atoms with van der Waals surface area (Å²) < 4.78 is 4.83. The van der Waals surface area contributed by atoms with E-state index < -0.39 is 4.92 Å². The van der Waals surface area contributed by atoms with E-state index in [2.05, 4.69) is 0 Å². The maximum atomic E-state index is 11.3. The largest absolute Gasteiger partial charge is 0.463 e. The van der Waals surface area contributed by atoms with Crippen molar-refractivity contribution in [3.63, 3.8) is 0 Å². The first-order chi connectivity index (χ1) is 11.8. The van der Waals surface area contributed by atoms with Gasteiger partial charge in [0, 0.05) is 18.2 Å². The van der Waals surface area contributed by atoms with E-state index in [4.69, 9.17) is 4.74 Å². The summed E-state index contributed by atoms with van der Waals surface area (Å²) in [6.07, 6.45) is 9.03. The fourth-order valence-electron chi connectivity index (χ4n) is 2.19. The second-order valence-electron chi connectivity index (χ2n) is 5.60. The van der Waals surface area contributed by atoms with Crippen molar-refractivity contribution >= 4 is 17.7 Å². The SMILES string of the molecule is CCOC(=O)/C=C/C(C)=C/C(C)=C\C(C)=C\c1ccc([N+](=O)[O-])cc1. The minimum Gasteiger partial charge on any atom is -0.463 e. The van der Waals surface area contributed by atoms with Gasteiger partial charge >= 0.3 is 5.97 Å². The first-order valence-electron chi connectivity index (χ1n) is 7.96. The molecule has 5 nitrogen and oxygen atoms in total. The van der Waals surface area contributed by atoms with Gasteiger partial charge in [0.2, 0.25) is 0 Å². The molecule has 0 aliphatic heterocycles. The number of carbonyl (C=O) groups excluding carboxylic acids is 1. The number of carbonyl (C=O) groups is 1. The lowest BCUT2D eigenvalue weighted by Gasteiger charge is -1.99. The van der Waals surface area contributed by atoms with Crippen molar-refractivity contribution in [1.29, 1.82) is 0 Å². The van der Waals surface area contributed by atoms with Crippen molar-refractivity contribution in [2.24, 2.45) is 0 Å². The number of hydrogen-bond donors (Lipinski definition) is 0. The van der Waals surface area contributed by atoms with E-state index in [0.717, 1.165) is 22.3 Å². The molecule has 0 bridgehead atoms. The van der Waals surface area contributed by atoms with Crippen LogP contribution in [0.2, 0.25) is 0 Å². The Kier molecular flexibility index (Phi) is 8.06. The molecule has 0 aliphatic rings. The van der Waals surface area contributed by atoms with Gasteiger partial charge in [-0.05, 0) is 45.4 Å². The van der Waals surface area contributed by atoms with E-state index in [1.54, 1.807) is 25.1 Å². The molecular formula is C20H23NO4. The van der Waals surface area contributed by atoms with Crippen LogP contribution in [0.4, 0.5) is 5.69 Å². The van der Waals surface area contributed by atoms with Crippen LogP contribution < -0.4 is 0 Å². The Morgan fingerprint density at radius 2 is 1.64 bits per heavy atom. The predicted octanol–water partition coefficient (Wildman–Crippen LogP) is 5.01. The monoisotopic (exact) mass is 341 g/mol. The van der Waals surface area contributed by atoms with E-state index in [1.807, 2.05) is 39.0 Å². The van der Waals surface area contributed by atoms with Crippen LogP contribution in [-0.4, -0.2) is 17.5 Å². The average Bonchev–Trinajstić information content (AvgIpc) is 2.53. The van der Waals surface area contributed by atoms with Crippen molar-refractivity contribution in [2.45, 2.75) is 27.7 Å². The first kappa shape index (κ1) is 20.1. The Hall–Kier alpha value is -2.95. The number of nitro benzene ring substituents is 1. The zero-order chi connectivity index (χ0) is 18.8. The van der Waals surface area contributed by atoms with Gasteiger partial charge in [0.05, 0.1) is 11.5 Å². The summed E-state index contributed by atoms with van der Waals surface area (Å²) in [5, 5.41) is 10.7. The lowest BCUT2D eigenvalue weighted by Crippen LogP contribution is -1.98. The van der Waals surface area contributed by atoms with Gasteiger partial charge in [-0.2, -0.15) is 0 Å². The Morgan fingerprint density at radius 3 is 2.20 bits per heavy atom. The van der Waals surface area contributed by atoms with Crippen molar-refractivity contribution in [1.82, 2.24) is 0 Å². The standard InChI is InChI=1S/C20H23NO4/c1-5-25-20(22)11-6-15(2)12-16(3)13-17(4)14-18-7-9-19(10-8-18)21(23)24/h6-14H,5H2,1-4H3/b11-6+,15-12+,16-13-,17-14+. The number of non-ortho nitro benzene ring substituents is 1. The zero-order valence-corrected chi connectivity index (χ0v) is 15.0. The van der Waals surface area contributed by atoms with Gasteiger partial charge in [-0.1, -0.05) is 41.0 Å². The third-order valence-electron chi connectivity index (χ3n) is 3.18. The Labute approximate surface area is 148 Å². The second kappa shape index (κ2) is 10.0. The number of ether oxygens (including phenoxy) is 1. The third-order valence-corrected chi connectivity index (χ3v) is 3.18. The number of rotatable bonds is 7. The summed E-state index contributed by atoms with van der Waals surface area (Å²) in [6, 6.07) is 6.40. The Morgan fingerprint density at radius 1 is 1.04 bits per heavy atom. The molecule has 0 spiro atoms. The number of nitrogens with zero attached hydrogens (tertiary/aromatic N) is 1. The van der Waals surface area contributed by atoms with Crippen LogP contribution in [0.1, 0.15) is 33.3 Å². The molecule has 0 radical (unpaired) electrons. The number of esters is 1.